The molecule has 2 N–H and O–H groups in total. The van der Waals surface area contributed by atoms with Gasteiger partial charge in [-0.3, -0.25) is 0 Å². The second-order valence-electron chi connectivity index (χ2n) is 4.72. The Balaban J connectivity index is 2.11. The molecule has 4 nitrogen and oxygen atoms in total. The first kappa shape index (κ1) is 13.9. The number of rotatable bonds is 3. The van der Waals surface area contributed by atoms with Crippen molar-refractivity contribution in [3.8, 4) is 11.5 Å². The second kappa shape index (κ2) is 5.65. The normalized spacial score (nSPS) is 10.3. The number of carbonyl (C=O) groups is 1. The summed E-state index contributed by atoms with van der Waals surface area (Å²) in [5, 5.41) is 19.0. The fourth-order valence-electron chi connectivity index (χ4n) is 1.92. The molecule has 2 aromatic rings. The Hall–Kier alpha value is -2.49. The van der Waals surface area contributed by atoms with Gasteiger partial charge in [-0.2, -0.15) is 0 Å². The quantitative estimate of drug-likeness (QED) is 0.843. The monoisotopic (exact) mass is 272 g/mol. The van der Waals surface area contributed by atoms with E-state index in [4.69, 9.17) is 4.74 Å². The van der Waals surface area contributed by atoms with Crippen molar-refractivity contribution in [2.24, 2.45) is 0 Å². The molecule has 4 heteroatoms. The molecule has 20 heavy (non-hydrogen) atoms. The van der Waals surface area contributed by atoms with Crippen LogP contribution in [0.2, 0.25) is 0 Å². The highest BCUT2D eigenvalue weighted by atomic mass is 16.5. The molecule has 0 heterocycles. The van der Waals surface area contributed by atoms with Gasteiger partial charge in [0, 0.05) is 6.07 Å². The Kier molecular flexibility index (Phi) is 3.94. The first-order chi connectivity index (χ1) is 9.47. The van der Waals surface area contributed by atoms with E-state index in [0.29, 0.717) is 5.56 Å². The van der Waals surface area contributed by atoms with E-state index in [-0.39, 0.29) is 23.7 Å². The molecule has 0 unspecified atom stereocenters. The third-order valence-electron chi connectivity index (χ3n) is 2.99. The Labute approximate surface area is 117 Å². The molecular formula is C16H16O4. The van der Waals surface area contributed by atoms with Crippen molar-refractivity contribution in [1.29, 1.82) is 0 Å². The number of hydrogen-bond acceptors (Lipinski definition) is 4. The van der Waals surface area contributed by atoms with Crippen LogP contribution in [-0.4, -0.2) is 16.2 Å². The Morgan fingerprint density at radius 1 is 1.10 bits per heavy atom. The molecule has 0 amide bonds. The van der Waals surface area contributed by atoms with Crippen LogP contribution in [0.5, 0.6) is 11.5 Å². The lowest BCUT2D eigenvalue weighted by Gasteiger charge is -2.09. The van der Waals surface area contributed by atoms with Crippen molar-refractivity contribution in [2.75, 3.05) is 0 Å². The Morgan fingerprint density at radius 3 is 2.35 bits per heavy atom. The molecule has 0 aliphatic heterocycles. The van der Waals surface area contributed by atoms with Gasteiger partial charge in [0.1, 0.15) is 23.7 Å². The summed E-state index contributed by atoms with van der Waals surface area (Å²) < 4.78 is 5.17. The fourth-order valence-corrected chi connectivity index (χ4v) is 1.92. The molecule has 0 aliphatic carbocycles. The minimum absolute atomic E-state index is 0.0786. The highest BCUT2D eigenvalue weighted by molar-refractivity contribution is 5.94. The summed E-state index contributed by atoms with van der Waals surface area (Å²) in [5.74, 6) is -0.980. The number of phenols is 2. The van der Waals surface area contributed by atoms with E-state index in [1.165, 1.54) is 6.07 Å². The molecule has 2 rings (SSSR count). The van der Waals surface area contributed by atoms with Crippen LogP contribution in [0.3, 0.4) is 0 Å². The average molecular weight is 272 g/mol. The first-order valence-corrected chi connectivity index (χ1v) is 6.22. The molecule has 0 bridgehead atoms. The number of aryl methyl sites for hydroxylation is 2. The molecule has 0 saturated carbocycles. The number of ether oxygens (including phenoxy) is 1. The molecule has 2 aromatic carbocycles. The number of benzene rings is 2. The van der Waals surface area contributed by atoms with E-state index in [0.717, 1.165) is 17.2 Å². The zero-order valence-electron chi connectivity index (χ0n) is 11.4. The van der Waals surface area contributed by atoms with Gasteiger partial charge in [-0.05, 0) is 31.0 Å². The van der Waals surface area contributed by atoms with E-state index in [1.807, 2.05) is 31.2 Å². The molecule has 0 saturated heterocycles. The fraction of sp³-hybridized carbons (Fsp3) is 0.188. The maximum atomic E-state index is 12.0. The van der Waals surface area contributed by atoms with Crippen molar-refractivity contribution >= 4 is 5.97 Å². The molecule has 0 fully saturated rings. The number of aromatic hydroxyl groups is 2. The van der Waals surface area contributed by atoms with Gasteiger partial charge < -0.3 is 14.9 Å². The van der Waals surface area contributed by atoms with Crippen LogP contribution in [0.4, 0.5) is 0 Å². The molecule has 104 valence electrons. The molecule has 0 spiro atoms. The van der Waals surface area contributed by atoms with Crippen molar-refractivity contribution in [1.82, 2.24) is 0 Å². The van der Waals surface area contributed by atoms with Gasteiger partial charge >= 0.3 is 5.97 Å². The third kappa shape index (κ3) is 3.09. The molecular weight excluding hydrogens is 256 g/mol. The zero-order chi connectivity index (χ0) is 14.7. The topological polar surface area (TPSA) is 66.8 Å². The standard InChI is InChI=1S/C16H16O4/c1-10-3-5-12(6-4-10)9-20-16(19)15-11(2)7-13(17)8-14(15)18/h3-8,17-18H,9H2,1-2H3. The van der Waals surface area contributed by atoms with Crippen LogP contribution in [0.25, 0.3) is 0 Å². The maximum absolute atomic E-state index is 12.0. The van der Waals surface area contributed by atoms with E-state index >= 15 is 0 Å². The zero-order valence-corrected chi connectivity index (χ0v) is 11.4. The van der Waals surface area contributed by atoms with Crippen LogP contribution in [0, 0.1) is 13.8 Å². The van der Waals surface area contributed by atoms with E-state index in [2.05, 4.69) is 0 Å². The van der Waals surface area contributed by atoms with Crippen LogP contribution in [0.1, 0.15) is 27.0 Å². The highest BCUT2D eigenvalue weighted by Crippen LogP contribution is 2.27. The van der Waals surface area contributed by atoms with Crippen molar-refractivity contribution in [2.45, 2.75) is 20.5 Å². The summed E-state index contributed by atoms with van der Waals surface area (Å²) in [6, 6.07) is 10.2. The highest BCUT2D eigenvalue weighted by Gasteiger charge is 2.17. The average Bonchev–Trinajstić information content (AvgIpc) is 2.37. The van der Waals surface area contributed by atoms with Gasteiger partial charge in [0.05, 0.1) is 0 Å². The lowest BCUT2D eigenvalue weighted by molar-refractivity contribution is 0.0468. The predicted octanol–water partition coefficient (Wildman–Crippen LogP) is 3.07. The van der Waals surface area contributed by atoms with E-state index in [9.17, 15) is 15.0 Å². The van der Waals surface area contributed by atoms with Gasteiger partial charge in [0.2, 0.25) is 0 Å². The van der Waals surface area contributed by atoms with Gasteiger partial charge in [0.25, 0.3) is 0 Å². The number of carbonyl (C=O) groups excluding carboxylic acids is 1. The lowest BCUT2D eigenvalue weighted by atomic mass is 10.1. The SMILES string of the molecule is Cc1ccc(COC(=O)c2c(C)cc(O)cc2O)cc1. The van der Waals surface area contributed by atoms with Crippen LogP contribution in [-0.2, 0) is 11.3 Å². The van der Waals surface area contributed by atoms with Crippen molar-refractivity contribution < 1.29 is 19.7 Å². The summed E-state index contributed by atoms with van der Waals surface area (Å²) in [4.78, 5) is 12.0. The third-order valence-corrected chi connectivity index (χ3v) is 2.99. The number of esters is 1. The predicted molar refractivity (Wildman–Crippen MR) is 74.8 cm³/mol. The van der Waals surface area contributed by atoms with Crippen LogP contribution < -0.4 is 0 Å². The Morgan fingerprint density at radius 2 is 1.75 bits per heavy atom. The molecule has 0 aliphatic rings. The summed E-state index contributed by atoms with van der Waals surface area (Å²) >= 11 is 0. The summed E-state index contributed by atoms with van der Waals surface area (Å²) in [6.45, 7) is 3.74. The lowest BCUT2D eigenvalue weighted by Crippen LogP contribution is -2.07. The molecule has 0 radical (unpaired) electrons. The summed E-state index contributed by atoms with van der Waals surface area (Å²) in [5.41, 5.74) is 2.55. The van der Waals surface area contributed by atoms with Gasteiger partial charge in [-0.25, -0.2) is 4.79 Å². The molecule has 0 aromatic heterocycles. The van der Waals surface area contributed by atoms with Crippen LogP contribution in [0.15, 0.2) is 36.4 Å². The van der Waals surface area contributed by atoms with Crippen molar-refractivity contribution in [3.63, 3.8) is 0 Å². The second-order valence-corrected chi connectivity index (χ2v) is 4.72. The largest absolute Gasteiger partial charge is 0.508 e. The summed E-state index contributed by atoms with van der Waals surface area (Å²) in [7, 11) is 0. The van der Waals surface area contributed by atoms with Crippen molar-refractivity contribution in [3.05, 3.63) is 58.7 Å². The minimum Gasteiger partial charge on any atom is -0.508 e. The number of hydrogen-bond donors (Lipinski definition) is 2. The van der Waals surface area contributed by atoms with Gasteiger partial charge in [0.15, 0.2) is 0 Å². The van der Waals surface area contributed by atoms with Gasteiger partial charge in [-0.15, -0.1) is 0 Å². The van der Waals surface area contributed by atoms with E-state index in [1.54, 1.807) is 6.92 Å². The Bertz CT molecular complexity index is 606. The van der Waals surface area contributed by atoms with Crippen LogP contribution >= 0.6 is 0 Å². The smallest absolute Gasteiger partial charge is 0.342 e. The maximum Gasteiger partial charge on any atom is 0.342 e. The minimum atomic E-state index is -0.611. The molecule has 0 atom stereocenters. The number of phenolic OH excluding ortho intramolecular Hbond substituents is 2. The van der Waals surface area contributed by atoms with Gasteiger partial charge in [-0.1, -0.05) is 29.8 Å². The van der Waals surface area contributed by atoms with E-state index < -0.39 is 5.97 Å². The first-order valence-electron chi connectivity index (χ1n) is 6.22. The summed E-state index contributed by atoms with van der Waals surface area (Å²) in [6.07, 6.45) is 0.